The van der Waals surface area contributed by atoms with Gasteiger partial charge in [-0.25, -0.2) is 0 Å². The van der Waals surface area contributed by atoms with Gasteiger partial charge in [0.05, 0.1) is 11.0 Å². The lowest BCUT2D eigenvalue weighted by molar-refractivity contribution is 1.19. The van der Waals surface area contributed by atoms with Crippen LogP contribution in [0.5, 0.6) is 0 Å². The minimum atomic E-state index is 1.14. The molecule has 0 fully saturated rings. The molecule has 2 heterocycles. The Morgan fingerprint density at radius 2 is 0.982 bits per heavy atom. The minimum absolute atomic E-state index is 1.14. The molecule has 1 aliphatic carbocycles. The molecule has 0 unspecified atom stereocenters. The van der Waals surface area contributed by atoms with E-state index in [0.717, 1.165) is 11.1 Å². The molecule has 0 spiro atoms. The van der Waals surface area contributed by atoms with E-state index in [9.17, 15) is 0 Å². The van der Waals surface area contributed by atoms with Gasteiger partial charge in [0.2, 0.25) is 0 Å². The molecule has 55 heavy (non-hydrogen) atoms. The Bertz CT molecular complexity index is 3250. The van der Waals surface area contributed by atoms with E-state index in [1.165, 1.54) is 104 Å². The Labute approximate surface area is 318 Å². The molecule has 0 amide bonds. The van der Waals surface area contributed by atoms with E-state index in [4.69, 9.17) is 0 Å². The van der Waals surface area contributed by atoms with Crippen LogP contribution >= 0.6 is 0 Å². The smallest absolute Gasteiger partial charge is 0.0620 e. The molecule has 0 radical (unpaired) electrons. The van der Waals surface area contributed by atoms with Crippen molar-refractivity contribution in [2.75, 3.05) is 0 Å². The number of para-hydroxylation sites is 1. The quantitative estimate of drug-likeness (QED) is 0.179. The zero-order chi connectivity index (χ0) is 36.0. The summed E-state index contributed by atoms with van der Waals surface area (Å²) in [7, 11) is 0. The maximum atomic E-state index is 4.44. The molecule has 12 rings (SSSR count). The first-order valence-corrected chi connectivity index (χ1v) is 19.0. The number of fused-ring (bicyclic) bond motifs is 9. The number of aromatic nitrogens is 2. The summed E-state index contributed by atoms with van der Waals surface area (Å²) < 4.78 is 2.42. The lowest BCUT2D eigenvalue weighted by Crippen LogP contribution is -1.94. The first kappa shape index (κ1) is 30.2. The van der Waals surface area contributed by atoms with Gasteiger partial charge in [-0.3, -0.25) is 4.98 Å². The van der Waals surface area contributed by atoms with Crippen LogP contribution in [0.2, 0.25) is 0 Å². The van der Waals surface area contributed by atoms with Gasteiger partial charge in [-0.15, -0.1) is 0 Å². The Morgan fingerprint density at radius 1 is 0.364 bits per heavy atom. The Balaban J connectivity index is 1.16. The SMILES string of the molecule is c1ccc(-c2c3c(c(-c4ccccc4)c4ccccc24)-c2ccc(-c4ccc5c(c4)c4ccc6cnccc6c4n5-c4ccccc4)c4cccc-3c24)cc1. The minimum Gasteiger partial charge on any atom is -0.309 e. The van der Waals surface area contributed by atoms with Crippen molar-refractivity contribution >= 4 is 54.1 Å². The Kier molecular flexibility index (Phi) is 6.37. The van der Waals surface area contributed by atoms with Crippen LogP contribution in [0.3, 0.4) is 0 Å². The first-order chi connectivity index (χ1) is 27.3. The molecule has 254 valence electrons. The summed E-state index contributed by atoms with van der Waals surface area (Å²) in [5, 5.41) is 9.98. The van der Waals surface area contributed by atoms with Gasteiger partial charge in [-0.05, 0) is 108 Å². The highest BCUT2D eigenvalue weighted by Crippen LogP contribution is 2.58. The molecule has 9 aromatic carbocycles. The fourth-order valence-corrected chi connectivity index (χ4v) is 9.55. The molecule has 0 N–H and O–H groups in total. The molecule has 0 bridgehead atoms. The second-order valence-corrected chi connectivity index (χ2v) is 14.6. The second-order valence-electron chi connectivity index (χ2n) is 14.6. The normalized spacial score (nSPS) is 12.0. The fourth-order valence-electron chi connectivity index (χ4n) is 9.55. The van der Waals surface area contributed by atoms with Crippen molar-refractivity contribution in [3.63, 3.8) is 0 Å². The van der Waals surface area contributed by atoms with Gasteiger partial charge >= 0.3 is 0 Å². The van der Waals surface area contributed by atoms with E-state index in [-0.39, 0.29) is 0 Å². The van der Waals surface area contributed by atoms with Crippen molar-refractivity contribution in [3.05, 3.63) is 194 Å². The van der Waals surface area contributed by atoms with E-state index in [1.807, 2.05) is 12.4 Å². The van der Waals surface area contributed by atoms with Gasteiger partial charge in [-0.2, -0.15) is 0 Å². The summed E-state index contributed by atoms with van der Waals surface area (Å²) in [6.07, 6.45) is 3.87. The van der Waals surface area contributed by atoms with Crippen molar-refractivity contribution in [3.8, 4) is 61.3 Å². The number of hydrogen-bond acceptors (Lipinski definition) is 1. The molecule has 2 nitrogen and oxygen atoms in total. The summed E-state index contributed by atoms with van der Waals surface area (Å²) in [5.74, 6) is 0. The molecule has 1 aliphatic rings. The summed E-state index contributed by atoms with van der Waals surface area (Å²) in [5.41, 5.74) is 16.3. The van der Waals surface area contributed by atoms with Crippen LogP contribution in [0.15, 0.2) is 194 Å². The largest absolute Gasteiger partial charge is 0.309 e. The monoisotopic (exact) mass is 696 g/mol. The van der Waals surface area contributed by atoms with E-state index in [2.05, 4.69) is 192 Å². The van der Waals surface area contributed by atoms with Crippen molar-refractivity contribution in [1.82, 2.24) is 9.55 Å². The maximum Gasteiger partial charge on any atom is 0.0620 e. The van der Waals surface area contributed by atoms with E-state index < -0.39 is 0 Å². The summed E-state index contributed by atoms with van der Waals surface area (Å²) in [6, 6.07) is 67.0. The van der Waals surface area contributed by atoms with E-state index in [1.54, 1.807) is 0 Å². The first-order valence-electron chi connectivity index (χ1n) is 19.0. The Morgan fingerprint density at radius 3 is 1.69 bits per heavy atom. The molecule has 2 aromatic heterocycles. The molecule has 2 heteroatoms. The fraction of sp³-hybridized carbons (Fsp3) is 0. The lowest BCUT2D eigenvalue weighted by atomic mass is 9.82. The van der Waals surface area contributed by atoms with Crippen molar-refractivity contribution in [2.24, 2.45) is 0 Å². The number of hydrogen-bond donors (Lipinski definition) is 0. The van der Waals surface area contributed by atoms with Gasteiger partial charge in [0.15, 0.2) is 0 Å². The zero-order valence-electron chi connectivity index (χ0n) is 29.9. The standard InChI is InChI=1S/C53H32N2/c1-4-13-33(14-5-1)48-41-19-10-11-20-42(41)49(34-15-6-2-7-16-34)52-45-27-26-38(40-21-12-22-44(50(40)45)51(48)52)35-24-28-47-46(31-35)43-25-23-36-32-54-30-29-39(36)53(43)55(47)37-17-8-3-9-18-37/h1-32H. The zero-order valence-corrected chi connectivity index (χ0v) is 29.9. The molecular weight excluding hydrogens is 665 g/mol. The van der Waals surface area contributed by atoms with Gasteiger partial charge in [-0.1, -0.05) is 152 Å². The van der Waals surface area contributed by atoms with Gasteiger partial charge < -0.3 is 4.57 Å². The molecule has 0 atom stereocenters. The predicted octanol–water partition coefficient (Wildman–Crippen LogP) is 14.3. The predicted molar refractivity (Wildman–Crippen MR) is 232 cm³/mol. The van der Waals surface area contributed by atoms with Gasteiger partial charge in [0, 0.05) is 39.6 Å². The van der Waals surface area contributed by atoms with Crippen LogP contribution in [0.1, 0.15) is 0 Å². The molecule has 0 saturated carbocycles. The van der Waals surface area contributed by atoms with Crippen LogP contribution in [0, 0.1) is 0 Å². The third kappa shape index (κ3) is 4.28. The highest BCUT2D eigenvalue weighted by atomic mass is 15.0. The molecule has 0 aliphatic heterocycles. The van der Waals surface area contributed by atoms with Crippen LogP contribution in [0.4, 0.5) is 0 Å². The number of rotatable bonds is 4. The second kappa shape index (κ2) is 11.6. The maximum absolute atomic E-state index is 4.44. The third-order valence-corrected chi connectivity index (χ3v) is 11.8. The van der Waals surface area contributed by atoms with Crippen LogP contribution in [-0.4, -0.2) is 9.55 Å². The van der Waals surface area contributed by atoms with E-state index >= 15 is 0 Å². The number of pyridine rings is 1. The van der Waals surface area contributed by atoms with E-state index in [0.29, 0.717) is 0 Å². The van der Waals surface area contributed by atoms with Crippen LogP contribution in [-0.2, 0) is 0 Å². The van der Waals surface area contributed by atoms with Crippen LogP contribution in [0.25, 0.3) is 115 Å². The average molecular weight is 697 g/mol. The lowest BCUT2D eigenvalue weighted by Gasteiger charge is -2.20. The molecule has 11 aromatic rings. The van der Waals surface area contributed by atoms with Crippen molar-refractivity contribution in [1.29, 1.82) is 0 Å². The summed E-state index contributed by atoms with van der Waals surface area (Å²) in [6.45, 7) is 0. The van der Waals surface area contributed by atoms with Crippen molar-refractivity contribution < 1.29 is 0 Å². The van der Waals surface area contributed by atoms with Gasteiger partial charge in [0.1, 0.15) is 0 Å². The van der Waals surface area contributed by atoms with Gasteiger partial charge in [0.25, 0.3) is 0 Å². The topological polar surface area (TPSA) is 17.8 Å². The highest BCUT2D eigenvalue weighted by molar-refractivity contribution is 6.29. The summed E-state index contributed by atoms with van der Waals surface area (Å²) >= 11 is 0. The highest BCUT2D eigenvalue weighted by Gasteiger charge is 2.31. The number of nitrogens with zero attached hydrogens (tertiary/aromatic N) is 2. The molecule has 0 saturated heterocycles. The van der Waals surface area contributed by atoms with Crippen LogP contribution < -0.4 is 0 Å². The van der Waals surface area contributed by atoms with Crippen molar-refractivity contribution in [2.45, 2.75) is 0 Å². The number of benzene rings is 9. The summed E-state index contributed by atoms with van der Waals surface area (Å²) in [4.78, 5) is 4.44. The molecular formula is C53H32N2. The third-order valence-electron chi connectivity index (χ3n) is 11.8. The Hall–Kier alpha value is -7.29. The average Bonchev–Trinajstić information content (AvgIpc) is 3.77.